The highest BCUT2D eigenvalue weighted by Gasteiger charge is 2.13. The van der Waals surface area contributed by atoms with Crippen LogP contribution in [0.2, 0.25) is 10.0 Å². The SMILES string of the molecule is Cc1sc(NC(=O)Cc2ccc(Cl)c(Cl)c2)nc1-c1ccc(F)cc1. The third kappa shape index (κ3) is 4.37. The Kier molecular flexibility index (Phi) is 5.37. The van der Waals surface area contributed by atoms with Crippen LogP contribution in [0, 0.1) is 12.7 Å². The molecule has 2 aromatic carbocycles. The van der Waals surface area contributed by atoms with Gasteiger partial charge in [-0.15, -0.1) is 11.3 Å². The molecule has 7 heteroatoms. The molecule has 0 fully saturated rings. The summed E-state index contributed by atoms with van der Waals surface area (Å²) in [6.45, 7) is 1.91. The quantitative estimate of drug-likeness (QED) is 0.612. The lowest BCUT2D eigenvalue weighted by Crippen LogP contribution is -2.14. The third-order valence-electron chi connectivity index (χ3n) is 3.51. The van der Waals surface area contributed by atoms with E-state index in [1.807, 2.05) is 6.92 Å². The predicted octanol–water partition coefficient (Wildman–Crippen LogP) is 5.75. The first-order chi connectivity index (χ1) is 11.9. The number of halogens is 3. The summed E-state index contributed by atoms with van der Waals surface area (Å²) in [7, 11) is 0. The number of carbonyl (C=O) groups is 1. The van der Waals surface area contributed by atoms with Crippen molar-refractivity contribution in [3.63, 3.8) is 0 Å². The maximum atomic E-state index is 13.0. The number of nitrogens with zero attached hydrogens (tertiary/aromatic N) is 1. The molecule has 3 nitrogen and oxygen atoms in total. The van der Waals surface area contributed by atoms with Crippen LogP contribution in [0.25, 0.3) is 11.3 Å². The lowest BCUT2D eigenvalue weighted by molar-refractivity contribution is -0.115. The Morgan fingerprint density at radius 2 is 1.88 bits per heavy atom. The fourth-order valence-electron chi connectivity index (χ4n) is 2.32. The molecule has 0 spiro atoms. The monoisotopic (exact) mass is 394 g/mol. The second-order valence-electron chi connectivity index (χ2n) is 5.40. The molecule has 0 saturated carbocycles. The van der Waals surface area contributed by atoms with Gasteiger partial charge in [-0.05, 0) is 48.9 Å². The molecular formula is C18H13Cl2FN2OS. The number of hydrogen-bond acceptors (Lipinski definition) is 3. The van der Waals surface area contributed by atoms with Crippen LogP contribution < -0.4 is 5.32 Å². The molecule has 1 aromatic heterocycles. The van der Waals surface area contributed by atoms with E-state index in [-0.39, 0.29) is 18.1 Å². The number of nitrogens with one attached hydrogen (secondary N) is 1. The van der Waals surface area contributed by atoms with Crippen molar-refractivity contribution in [1.82, 2.24) is 4.98 Å². The van der Waals surface area contributed by atoms with Crippen molar-refractivity contribution < 1.29 is 9.18 Å². The lowest BCUT2D eigenvalue weighted by Gasteiger charge is -2.03. The molecule has 1 heterocycles. The third-order valence-corrected chi connectivity index (χ3v) is 5.13. The number of aryl methyl sites for hydroxylation is 1. The van der Waals surface area contributed by atoms with E-state index in [1.54, 1.807) is 30.3 Å². The van der Waals surface area contributed by atoms with Crippen LogP contribution in [-0.4, -0.2) is 10.9 Å². The molecule has 128 valence electrons. The molecule has 0 radical (unpaired) electrons. The van der Waals surface area contributed by atoms with Crippen LogP contribution in [0.3, 0.4) is 0 Å². The molecule has 0 bridgehead atoms. The number of anilines is 1. The van der Waals surface area contributed by atoms with E-state index in [0.29, 0.717) is 15.2 Å². The zero-order valence-electron chi connectivity index (χ0n) is 13.1. The summed E-state index contributed by atoms with van der Waals surface area (Å²) in [6, 6.07) is 11.2. The molecular weight excluding hydrogens is 382 g/mol. The van der Waals surface area contributed by atoms with Crippen LogP contribution in [0.15, 0.2) is 42.5 Å². The first-order valence-corrected chi connectivity index (χ1v) is 8.97. The normalized spacial score (nSPS) is 10.7. The molecule has 0 saturated heterocycles. The predicted molar refractivity (Wildman–Crippen MR) is 101 cm³/mol. The molecule has 0 aliphatic rings. The van der Waals surface area contributed by atoms with Crippen molar-refractivity contribution >= 4 is 45.6 Å². The molecule has 0 atom stereocenters. The van der Waals surface area contributed by atoms with E-state index in [4.69, 9.17) is 23.2 Å². The van der Waals surface area contributed by atoms with E-state index in [0.717, 1.165) is 21.7 Å². The number of aromatic nitrogens is 1. The van der Waals surface area contributed by atoms with Gasteiger partial charge in [0.15, 0.2) is 5.13 Å². The van der Waals surface area contributed by atoms with Gasteiger partial charge in [-0.1, -0.05) is 29.3 Å². The topological polar surface area (TPSA) is 42.0 Å². The van der Waals surface area contributed by atoms with Gasteiger partial charge < -0.3 is 5.32 Å². The van der Waals surface area contributed by atoms with E-state index < -0.39 is 0 Å². The number of benzene rings is 2. The summed E-state index contributed by atoms with van der Waals surface area (Å²) in [5.74, 6) is -0.496. The summed E-state index contributed by atoms with van der Waals surface area (Å²) < 4.78 is 13.0. The molecule has 0 aliphatic carbocycles. The van der Waals surface area contributed by atoms with Crippen LogP contribution in [-0.2, 0) is 11.2 Å². The Balaban J connectivity index is 1.72. The van der Waals surface area contributed by atoms with Crippen molar-refractivity contribution in [3.05, 3.63) is 68.8 Å². The van der Waals surface area contributed by atoms with Crippen LogP contribution >= 0.6 is 34.5 Å². The zero-order chi connectivity index (χ0) is 18.0. The Bertz CT molecular complexity index is 925. The van der Waals surface area contributed by atoms with Crippen molar-refractivity contribution in [3.8, 4) is 11.3 Å². The fraction of sp³-hybridized carbons (Fsp3) is 0.111. The van der Waals surface area contributed by atoms with E-state index in [2.05, 4.69) is 10.3 Å². The highest BCUT2D eigenvalue weighted by atomic mass is 35.5. The van der Waals surface area contributed by atoms with Crippen molar-refractivity contribution in [2.45, 2.75) is 13.3 Å². The van der Waals surface area contributed by atoms with E-state index >= 15 is 0 Å². The average molecular weight is 395 g/mol. The minimum atomic E-state index is -0.299. The van der Waals surface area contributed by atoms with Crippen molar-refractivity contribution in [2.24, 2.45) is 0 Å². The molecule has 0 aliphatic heterocycles. The number of amides is 1. The first-order valence-electron chi connectivity index (χ1n) is 7.39. The molecule has 3 rings (SSSR count). The minimum absolute atomic E-state index is 0.168. The van der Waals surface area contributed by atoms with Gasteiger partial charge in [0.2, 0.25) is 5.91 Å². The van der Waals surface area contributed by atoms with E-state index in [9.17, 15) is 9.18 Å². The summed E-state index contributed by atoms with van der Waals surface area (Å²) >= 11 is 13.2. The zero-order valence-corrected chi connectivity index (χ0v) is 15.5. The maximum absolute atomic E-state index is 13.0. The molecule has 1 amide bonds. The maximum Gasteiger partial charge on any atom is 0.230 e. The molecule has 1 N–H and O–H groups in total. The van der Waals surface area contributed by atoms with Crippen LogP contribution in [0.4, 0.5) is 9.52 Å². The van der Waals surface area contributed by atoms with Gasteiger partial charge >= 0.3 is 0 Å². The average Bonchev–Trinajstić information content (AvgIpc) is 2.92. The highest BCUT2D eigenvalue weighted by molar-refractivity contribution is 7.16. The van der Waals surface area contributed by atoms with Gasteiger partial charge in [-0.25, -0.2) is 9.37 Å². The Morgan fingerprint density at radius 3 is 2.56 bits per heavy atom. The van der Waals surface area contributed by atoms with Gasteiger partial charge in [0.1, 0.15) is 5.82 Å². The van der Waals surface area contributed by atoms with Crippen molar-refractivity contribution in [1.29, 1.82) is 0 Å². The van der Waals surface area contributed by atoms with Crippen LogP contribution in [0.5, 0.6) is 0 Å². The molecule has 25 heavy (non-hydrogen) atoms. The smallest absolute Gasteiger partial charge is 0.230 e. The summed E-state index contributed by atoms with van der Waals surface area (Å²) in [5.41, 5.74) is 2.30. The first kappa shape index (κ1) is 17.9. The Hall–Kier alpha value is -1.95. The van der Waals surface area contributed by atoms with Gasteiger partial charge in [0.05, 0.1) is 22.2 Å². The number of thiazole rings is 1. The van der Waals surface area contributed by atoms with Gasteiger partial charge in [-0.3, -0.25) is 4.79 Å². The van der Waals surface area contributed by atoms with Crippen molar-refractivity contribution in [2.75, 3.05) is 5.32 Å². The van der Waals surface area contributed by atoms with Crippen LogP contribution in [0.1, 0.15) is 10.4 Å². The van der Waals surface area contributed by atoms with Gasteiger partial charge in [0.25, 0.3) is 0 Å². The Morgan fingerprint density at radius 1 is 1.16 bits per heavy atom. The largest absolute Gasteiger partial charge is 0.302 e. The second-order valence-corrected chi connectivity index (χ2v) is 7.42. The molecule has 0 unspecified atom stereocenters. The number of hydrogen-bond donors (Lipinski definition) is 1. The lowest BCUT2D eigenvalue weighted by atomic mass is 10.1. The fourth-order valence-corrected chi connectivity index (χ4v) is 3.50. The number of rotatable bonds is 4. The standard InChI is InChI=1S/C18H13Cl2FN2OS/c1-10-17(12-3-5-13(21)6-4-12)23-18(25-10)22-16(24)9-11-2-7-14(19)15(20)8-11/h2-8H,9H2,1H3,(H,22,23,24). The van der Waals surface area contributed by atoms with Gasteiger partial charge in [0, 0.05) is 10.4 Å². The van der Waals surface area contributed by atoms with Gasteiger partial charge in [-0.2, -0.15) is 0 Å². The minimum Gasteiger partial charge on any atom is -0.302 e. The Labute approximate surface area is 158 Å². The summed E-state index contributed by atoms with van der Waals surface area (Å²) in [4.78, 5) is 17.6. The molecule has 3 aromatic rings. The summed E-state index contributed by atoms with van der Waals surface area (Å²) in [5, 5.41) is 4.15. The summed E-state index contributed by atoms with van der Waals surface area (Å²) in [6.07, 6.45) is 0.168. The highest BCUT2D eigenvalue weighted by Crippen LogP contribution is 2.30. The van der Waals surface area contributed by atoms with E-state index in [1.165, 1.54) is 23.5 Å². The second kappa shape index (κ2) is 7.52. The number of carbonyl (C=O) groups excluding carboxylic acids is 1.